The Morgan fingerprint density at radius 1 is 0.417 bits per heavy atom. The van der Waals surface area contributed by atoms with Gasteiger partial charge in [0.2, 0.25) is 0 Å². The quantitative estimate of drug-likeness (QED) is 0.217. The number of aliphatic imine (C=N–C) groups is 2. The number of hydrogen-bond acceptors (Lipinski definition) is 3. The second-order valence-corrected chi connectivity index (χ2v) is 12.6. The number of fused-ring (bicyclic) bond motifs is 6. The molecule has 8 bridgehead atoms. The van der Waals surface area contributed by atoms with Crippen LogP contribution >= 0.6 is 0 Å². The highest BCUT2D eigenvalue weighted by molar-refractivity contribution is 6.35. The SMILES string of the molecule is C1=C/C2=C(\c3ccccc3)C3CCC(N3)/C(c3ccccc3)=c3/cc/c([nH]3)=C(\c3ccccc3)C3=N/C(=C(/c4ccccc4)C1=N2)C=C3. The molecule has 2 atom stereocenters. The van der Waals surface area contributed by atoms with E-state index in [9.17, 15) is 0 Å². The third-order valence-electron chi connectivity index (χ3n) is 9.71. The minimum atomic E-state index is 0.136. The lowest BCUT2D eigenvalue weighted by molar-refractivity contribution is 0.686. The molecule has 1 aromatic heterocycles. The monoisotopic (exact) mass is 618 g/mol. The first-order valence-corrected chi connectivity index (χ1v) is 16.7. The van der Waals surface area contributed by atoms with Crippen LogP contribution in [0.25, 0.3) is 22.3 Å². The molecule has 4 aromatic carbocycles. The Labute approximate surface area is 280 Å². The molecule has 0 amide bonds. The summed E-state index contributed by atoms with van der Waals surface area (Å²) in [4.78, 5) is 14.6. The van der Waals surface area contributed by atoms with E-state index in [2.05, 4.69) is 168 Å². The average Bonchev–Trinajstić information content (AvgIpc) is 3.98. The van der Waals surface area contributed by atoms with Crippen molar-refractivity contribution in [1.29, 1.82) is 0 Å². The summed E-state index contributed by atoms with van der Waals surface area (Å²) < 4.78 is 0. The molecule has 48 heavy (non-hydrogen) atoms. The van der Waals surface area contributed by atoms with E-state index in [4.69, 9.17) is 9.98 Å². The minimum Gasteiger partial charge on any atom is -0.355 e. The van der Waals surface area contributed by atoms with Crippen molar-refractivity contribution in [3.8, 4) is 0 Å². The summed E-state index contributed by atoms with van der Waals surface area (Å²) in [6.07, 6.45) is 10.7. The highest BCUT2D eigenvalue weighted by atomic mass is 15.0. The number of benzene rings is 4. The van der Waals surface area contributed by atoms with Gasteiger partial charge in [-0.25, -0.2) is 9.98 Å². The van der Waals surface area contributed by atoms with Crippen molar-refractivity contribution in [2.75, 3.05) is 0 Å². The molecule has 0 spiro atoms. The van der Waals surface area contributed by atoms with Gasteiger partial charge in [-0.15, -0.1) is 0 Å². The predicted molar refractivity (Wildman–Crippen MR) is 198 cm³/mol. The number of aromatic amines is 1. The summed E-state index contributed by atoms with van der Waals surface area (Å²) >= 11 is 0. The van der Waals surface area contributed by atoms with Gasteiger partial charge in [-0.3, -0.25) is 0 Å². The first-order chi connectivity index (χ1) is 23.8. The summed E-state index contributed by atoms with van der Waals surface area (Å²) in [5.41, 5.74) is 13.0. The van der Waals surface area contributed by atoms with Crippen LogP contribution in [-0.4, -0.2) is 28.5 Å². The number of aromatic nitrogens is 1. The van der Waals surface area contributed by atoms with E-state index in [1.807, 2.05) is 0 Å². The fourth-order valence-corrected chi connectivity index (χ4v) is 7.57. The van der Waals surface area contributed by atoms with E-state index in [0.717, 1.165) is 68.6 Å². The van der Waals surface area contributed by atoms with Crippen LogP contribution in [0.1, 0.15) is 35.1 Å². The van der Waals surface area contributed by atoms with Crippen molar-refractivity contribution in [2.24, 2.45) is 9.98 Å². The van der Waals surface area contributed by atoms with Crippen molar-refractivity contribution in [3.05, 3.63) is 202 Å². The number of nitrogens with zero attached hydrogens (tertiary/aromatic N) is 2. The van der Waals surface area contributed by atoms with Gasteiger partial charge in [0.25, 0.3) is 0 Å². The Hall–Kier alpha value is -5.84. The zero-order valence-corrected chi connectivity index (χ0v) is 26.5. The highest BCUT2D eigenvalue weighted by Gasteiger charge is 2.33. The maximum atomic E-state index is 5.40. The number of rotatable bonds is 4. The molecule has 4 aliphatic heterocycles. The molecule has 1 saturated heterocycles. The van der Waals surface area contributed by atoms with Crippen molar-refractivity contribution in [1.82, 2.24) is 10.3 Å². The highest BCUT2D eigenvalue weighted by Crippen LogP contribution is 2.37. The van der Waals surface area contributed by atoms with E-state index < -0.39 is 0 Å². The molecule has 4 aliphatic rings. The van der Waals surface area contributed by atoms with Crippen LogP contribution in [-0.2, 0) is 0 Å². The summed E-state index contributed by atoms with van der Waals surface area (Å²) in [6.45, 7) is 0. The Kier molecular flexibility index (Phi) is 7.14. The number of H-pyrrole nitrogens is 1. The molecule has 0 radical (unpaired) electrons. The van der Waals surface area contributed by atoms with E-state index in [1.54, 1.807) is 0 Å². The molecule has 4 heteroatoms. The summed E-state index contributed by atoms with van der Waals surface area (Å²) in [7, 11) is 0. The molecule has 2 unspecified atom stereocenters. The number of nitrogens with one attached hydrogen (secondary N) is 2. The zero-order chi connectivity index (χ0) is 31.9. The van der Waals surface area contributed by atoms with Gasteiger partial charge in [0.1, 0.15) is 0 Å². The fourth-order valence-electron chi connectivity index (χ4n) is 7.57. The van der Waals surface area contributed by atoms with Gasteiger partial charge in [0.05, 0.1) is 22.8 Å². The van der Waals surface area contributed by atoms with E-state index in [0.29, 0.717) is 0 Å². The number of allylic oxidation sites excluding steroid dienone is 5. The third kappa shape index (κ3) is 5.07. The average molecular weight is 619 g/mol. The molecule has 1 fully saturated rings. The molecule has 0 aliphatic carbocycles. The van der Waals surface area contributed by atoms with Crippen LogP contribution in [0.4, 0.5) is 0 Å². The zero-order valence-electron chi connectivity index (χ0n) is 26.5. The topological polar surface area (TPSA) is 52.5 Å². The maximum absolute atomic E-state index is 5.40. The lowest BCUT2D eigenvalue weighted by Crippen LogP contribution is -2.34. The molecule has 9 rings (SSSR count). The largest absolute Gasteiger partial charge is 0.355 e. The van der Waals surface area contributed by atoms with Gasteiger partial charge in [0.15, 0.2) is 0 Å². The summed E-state index contributed by atoms with van der Waals surface area (Å²) in [6, 6.07) is 47.4. The first kappa shape index (κ1) is 28.4. The van der Waals surface area contributed by atoms with Crippen LogP contribution < -0.4 is 16.0 Å². The molecular weight excluding hydrogens is 585 g/mol. The lowest BCUT2D eigenvalue weighted by Gasteiger charge is -2.21. The molecule has 2 N–H and O–H groups in total. The Balaban J connectivity index is 1.37. The first-order valence-electron chi connectivity index (χ1n) is 16.7. The van der Waals surface area contributed by atoms with Crippen LogP contribution in [0.2, 0.25) is 0 Å². The van der Waals surface area contributed by atoms with Gasteiger partial charge in [-0.05, 0) is 77.1 Å². The van der Waals surface area contributed by atoms with E-state index >= 15 is 0 Å². The van der Waals surface area contributed by atoms with Gasteiger partial charge >= 0.3 is 0 Å². The molecular formula is C44H34N4. The molecule has 4 nitrogen and oxygen atoms in total. The lowest BCUT2D eigenvalue weighted by atomic mass is 9.94. The normalized spacial score (nSPS) is 25.3. The van der Waals surface area contributed by atoms with E-state index in [1.165, 1.54) is 22.3 Å². The minimum absolute atomic E-state index is 0.136. The van der Waals surface area contributed by atoms with Crippen molar-refractivity contribution < 1.29 is 0 Å². The fraction of sp³-hybridized carbons (Fsp3) is 0.0909. The number of hydrogen-bond donors (Lipinski definition) is 2. The van der Waals surface area contributed by atoms with Gasteiger partial charge in [-0.1, -0.05) is 121 Å². The van der Waals surface area contributed by atoms with Crippen LogP contribution in [0, 0.1) is 0 Å². The molecule has 230 valence electrons. The van der Waals surface area contributed by atoms with Gasteiger partial charge in [0, 0.05) is 39.5 Å². The van der Waals surface area contributed by atoms with Crippen LogP contribution in [0.5, 0.6) is 0 Å². The van der Waals surface area contributed by atoms with Gasteiger partial charge < -0.3 is 10.3 Å². The van der Waals surface area contributed by atoms with Crippen LogP contribution in [0.3, 0.4) is 0 Å². The van der Waals surface area contributed by atoms with Crippen molar-refractivity contribution in [2.45, 2.75) is 24.9 Å². The molecule has 0 saturated carbocycles. The predicted octanol–water partition coefficient (Wildman–Crippen LogP) is 7.39. The standard InChI is InChI=1S/C44H34N4/c1-5-13-29(14-6-1)41-33-21-23-35(45-33)42(30-15-7-2-8-16-30)37-25-27-39(47-37)44(32-19-11-4-12-20-32)40-28-26-38(48-40)43(31-17-9-3-10-18-31)36-24-22-34(41)46-36/h1-25,27,38,40,46,48H,26,28H2/b41-34-,42-35-,43-36-,44-39-. The Morgan fingerprint density at radius 2 is 0.875 bits per heavy atom. The third-order valence-corrected chi connectivity index (χ3v) is 9.71. The smallest absolute Gasteiger partial charge is 0.0738 e. The van der Waals surface area contributed by atoms with Crippen molar-refractivity contribution in [3.63, 3.8) is 0 Å². The van der Waals surface area contributed by atoms with Crippen molar-refractivity contribution >= 4 is 33.7 Å². The Morgan fingerprint density at radius 3 is 1.50 bits per heavy atom. The maximum Gasteiger partial charge on any atom is 0.0738 e. The van der Waals surface area contributed by atoms with Gasteiger partial charge in [-0.2, -0.15) is 0 Å². The van der Waals surface area contributed by atoms with E-state index in [-0.39, 0.29) is 12.1 Å². The Bertz CT molecular complexity index is 2340. The second-order valence-electron chi connectivity index (χ2n) is 12.6. The summed E-state index contributed by atoms with van der Waals surface area (Å²) in [5.74, 6) is 0. The molecule has 5 heterocycles. The van der Waals surface area contributed by atoms with Crippen LogP contribution in [0.15, 0.2) is 179 Å². The molecule has 5 aromatic rings. The summed E-state index contributed by atoms with van der Waals surface area (Å²) in [5, 5.41) is 6.26. The second kappa shape index (κ2) is 12.1.